The van der Waals surface area contributed by atoms with Gasteiger partial charge in [-0.1, -0.05) is 27.7 Å². The largest absolute Gasteiger partial charge is 0.442 e. The van der Waals surface area contributed by atoms with Gasteiger partial charge in [-0.25, -0.2) is 15.0 Å². The van der Waals surface area contributed by atoms with Crippen molar-refractivity contribution in [2.24, 2.45) is 11.8 Å². The van der Waals surface area contributed by atoms with Gasteiger partial charge in [0.25, 0.3) is 11.8 Å². The normalized spacial score (nSPS) is 24.3. The van der Waals surface area contributed by atoms with E-state index >= 15 is 0 Å². The van der Waals surface area contributed by atoms with Gasteiger partial charge in [0.15, 0.2) is 5.69 Å². The zero-order chi connectivity index (χ0) is 34.1. The summed E-state index contributed by atoms with van der Waals surface area (Å²) in [4.78, 5) is 84.5. The summed E-state index contributed by atoms with van der Waals surface area (Å²) in [5.74, 6) is -1.87. The number of carbonyl (C=O) groups is 5. The molecule has 3 aliphatic heterocycles. The molecule has 0 aliphatic carbocycles. The van der Waals surface area contributed by atoms with Crippen molar-refractivity contribution < 1.29 is 28.4 Å². The van der Waals surface area contributed by atoms with Crippen LogP contribution in [0.4, 0.5) is 0 Å². The average molecular weight is 697 g/mol. The van der Waals surface area contributed by atoms with Gasteiger partial charge in [-0.2, -0.15) is 0 Å². The summed E-state index contributed by atoms with van der Waals surface area (Å²) in [5, 5.41) is 13.2. The van der Waals surface area contributed by atoms with Crippen molar-refractivity contribution in [3.05, 3.63) is 38.4 Å². The number of carbonyl (C=O) groups excluding carboxylic acids is 5. The van der Waals surface area contributed by atoms with E-state index in [2.05, 4.69) is 25.9 Å². The van der Waals surface area contributed by atoms with E-state index in [1.807, 2.05) is 27.7 Å². The minimum atomic E-state index is -0.863. The third kappa shape index (κ3) is 6.99. The number of fused-ring (bicyclic) bond motifs is 10. The van der Waals surface area contributed by atoms with E-state index in [0.29, 0.717) is 54.5 Å². The number of thiazole rings is 2. The smallest absolute Gasteiger partial charge is 0.276 e. The summed E-state index contributed by atoms with van der Waals surface area (Å²) in [6, 6.07) is -2.68. The minimum Gasteiger partial charge on any atom is -0.442 e. The fraction of sp³-hybridized carbons (Fsp3) is 0.562. The Bertz CT molecular complexity index is 1700. The lowest BCUT2D eigenvalue weighted by molar-refractivity contribution is -0.134. The van der Waals surface area contributed by atoms with E-state index in [9.17, 15) is 24.0 Å². The molecule has 48 heavy (non-hydrogen) atoms. The maximum Gasteiger partial charge on any atom is 0.276 e. The molecule has 0 aromatic carbocycles. The first kappa shape index (κ1) is 33.7. The van der Waals surface area contributed by atoms with Crippen LogP contribution in [-0.4, -0.2) is 85.5 Å². The second-order valence-electron chi connectivity index (χ2n) is 13.2. The van der Waals surface area contributed by atoms with Crippen LogP contribution in [0, 0.1) is 11.8 Å². The van der Waals surface area contributed by atoms with Gasteiger partial charge in [0.05, 0.1) is 12.6 Å². The van der Waals surface area contributed by atoms with Crippen molar-refractivity contribution in [1.29, 1.82) is 0 Å². The van der Waals surface area contributed by atoms with Crippen LogP contribution in [0.3, 0.4) is 0 Å². The van der Waals surface area contributed by atoms with Crippen LogP contribution in [-0.2, 0) is 20.9 Å². The van der Waals surface area contributed by atoms with Crippen LogP contribution < -0.4 is 16.0 Å². The van der Waals surface area contributed by atoms with Gasteiger partial charge in [0.2, 0.25) is 23.6 Å². The molecule has 256 valence electrons. The van der Waals surface area contributed by atoms with Gasteiger partial charge in [-0.3, -0.25) is 24.0 Å². The molecule has 16 heteroatoms. The number of nitrogens with one attached hydrogen (secondary N) is 3. The van der Waals surface area contributed by atoms with Crippen molar-refractivity contribution in [3.63, 3.8) is 0 Å². The molecule has 3 aliphatic rings. The SMILES string of the molecule is CC(C)C[C@@H]1NC(=O)c2csc(n2)CNC(=O)[C@H](C(C)C)NC(=O)[C@@H]2CCCN2C(=O)c2coc(n2)-c2csc(n2)[C@@H]2CCCN2C1=O. The Balaban J connectivity index is 1.33. The third-order valence-electron chi connectivity index (χ3n) is 8.86. The van der Waals surface area contributed by atoms with Crippen LogP contribution in [0.25, 0.3) is 11.6 Å². The highest BCUT2D eigenvalue weighted by Gasteiger charge is 2.39. The Labute approximate surface area is 286 Å². The Morgan fingerprint density at radius 3 is 2.33 bits per heavy atom. The van der Waals surface area contributed by atoms with Gasteiger partial charge >= 0.3 is 0 Å². The highest BCUT2D eigenvalue weighted by Crippen LogP contribution is 2.36. The number of rotatable bonds is 3. The van der Waals surface area contributed by atoms with Crippen molar-refractivity contribution in [2.75, 3.05) is 13.1 Å². The first-order chi connectivity index (χ1) is 23.0. The molecule has 6 heterocycles. The Morgan fingerprint density at radius 2 is 1.58 bits per heavy atom. The van der Waals surface area contributed by atoms with Crippen molar-refractivity contribution in [3.8, 4) is 11.6 Å². The molecule has 4 atom stereocenters. The summed E-state index contributed by atoms with van der Waals surface area (Å²) in [6.45, 7) is 8.58. The molecule has 0 saturated carbocycles. The molecule has 14 nitrogen and oxygen atoms in total. The predicted molar refractivity (Wildman–Crippen MR) is 177 cm³/mol. The van der Waals surface area contributed by atoms with Gasteiger partial charge in [-0.05, 0) is 43.9 Å². The molecule has 6 bridgehead atoms. The van der Waals surface area contributed by atoms with E-state index < -0.39 is 41.8 Å². The number of aromatic nitrogens is 3. The quantitative estimate of drug-likeness (QED) is 0.371. The van der Waals surface area contributed by atoms with Gasteiger partial charge in [0.1, 0.15) is 45.8 Å². The zero-order valence-corrected chi connectivity index (χ0v) is 29.0. The molecular formula is C32H40N8O6S2. The maximum atomic E-state index is 14.0. The van der Waals surface area contributed by atoms with Crippen LogP contribution in [0.15, 0.2) is 21.4 Å². The number of amides is 5. The Hall–Kier alpha value is -4.18. The monoisotopic (exact) mass is 696 g/mol. The summed E-state index contributed by atoms with van der Waals surface area (Å²) in [5.41, 5.74) is 0.656. The first-order valence-corrected chi connectivity index (χ1v) is 18.1. The lowest BCUT2D eigenvalue weighted by Crippen LogP contribution is -2.54. The fourth-order valence-electron chi connectivity index (χ4n) is 6.42. The van der Waals surface area contributed by atoms with Crippen LogP contribution in [0.2, 0.25) is 0 Å². The number of hydrogen-bond donors (Lipinski definition) is 3. The predicted octanol–water partition coefficient (Wildman–Crippen LogP) is 3.14. The minimum absolute atomic E-state index is 0.0536. The van der Waals surface area contributed by atoms with E-state index in [1.165, 1.54) is 33.8 Å². The Kier molecular flexibility index (Phi) is 9.92. The van der Waals surface area contributed by atoms with Crippen molar-refractivity contribution in [2.45, 2.75) is 90.5 Å². The van der Waals surface area contributed by atoms with Crippen LogP contribution in [0.1, 0.15) is 96.8 Å². The fourth-order valence-corrected chi connectivity index (χ4v) is 8.08. The highest BCUT2D eigenvalue weighted by atomic mass is 32.1. The second kappa shape index (κ2) is 14.1. The topological polar surface area (TPSA) is 180 Å². The summed E-state index contributed by atoms with van der Waals surface area (Å²) in [7, 11) is 0. The average Bonchev–Trinajstić information content (AvgIpc) is 3.89. The number of nitrogens with zero attached hydrogens (tertiary/aromatic N) is 5. The summed E-state index contributed by atoms with van der Waals surface area (Å²) >= 11 is 2.60. The molecule has 0 radical (unpaired) electrons. The van der Waals surface area contributed by atoms with E-state index in [1.54, 1.807) is 15.7 Å². The summed E-state index contributed by atoms with van der Waals surface area (Å²) < 4.78 is 5.69. The second-order valence-corrected chi connectivity index (χ2v) is 15.0. The Morgan fingerprint density at radius 1 is 0.854 bits per heavy atom. The molecule has 0 unspecified atom stereocenters. The summed E-state index contributed by atoms with van der Waals surface area (Å²) in [6.07, 6.45) is 4.28. The molecule has 2 fully saturated rings. The van der Waals surface area contributed by atoms with Crippen LogP contribution in [0.5, 0.6) is 0 Å². The standard InChI is InChI=1S/C32H40N8O6S2/c1-16(2)11-18-31(44)40-10-6-8-23(40)30-37-21(15-48-30)29-36-19(13-46-29)32(45)39-9-5-7-22(39)27(42)38-25(17(3)4)28(43)33-12-24-34-20(14-47-24)26(41)35-18/h13-18,22-23,25H,5-12H2,1-4H3,(H,33,43)(H,35,41)(H,38,42)/t18-,22-,23-,25-/m0/s1. The maximum absolute atomic E-state index is 14.0. The van der Waals surface area contributed by atoms with Gasteiger partial charge in [-0.15, -0.1) is 22.7 Å². The number of oxazole rings is 1. The molecule has 0 spiro atoms. The van der Waals surface area contributed by atoms with E-state index in [0.717, 1.165) is 6.42 Å². The van der Waals surface area contributed by atoms with E-state index in [4.69, 9.17) is 9.40 Å². The molecule has 3 aromatic heterocycles. The van der Waals surface area contributed by atoms with Gasteiger partial charge < -0.3 is 30.2 Å². The van der Waals surface area contributed by atoms with Crippen molar-refractivity contribution >= 4 is 52.2 Å². The molecule has 3 N–H and O–H groups in total. The molecule has 3 aromatic rings. The molecule has 5 amide bonds. The molecule has 6 rings (SSSR count). The van der Waals surface area contributed by atoms with Crippen molar-refractivity contribution in [1.82, 2.24) is 40.7 Å². The van der Waals surface area contributed by atoms with Crippen LogP contribution >= 0.6 is 22.7 Å². The highest BCUT2D eigenvalue weighted by molar-refractivity contribution is 7.10. The number of hydrogen-bond acceptors (Lipinski definition) is 11. The lowest BCUT2D eigenvalue weighted by atomic mass is 10.0. The van der Waals surface area contributed by atoms with E-state index in [-0.39, 0.29) is 47.6 Å². The first-order valence-electron chi connectivity index (χ1n) is 16.4. The lowest BCUT2D eigenvalue weighted by Gasteiger charge is -2.29. The zero-order valence-electron chi connectivity index (χ0n) is 27.4. The van der Waals surface area contributed by atoms with Gasteiger partial charge in [0, 0.05) is 23.8 Å². The third-order valence-corrected chi connectivity index (χ3v) is 10.7. The molecule has 2 saturated heterocycles. The molecular weight excluding hydrogens is 657 g/mol.